The third-order valence-corrected chi connectivity index (χ3v) is 5.78. The van der Waals surface area contributed by atoms with Crippen molar-refractivity contribution in [1.29, 1.82) is 0 Å². The van der Waals surface area contributed by atoms with Gasteiger partial charge in [-0.2, -0.15) is 0 Å². The normalized spacial score (nSPS) is 11.3. The van der Waals surface area contributed by atoms with E-state index in [1.807, 2.05) is 11.4 Å². The van der Waals surface area contributed by atoms with Crippen molar-refractivity contribution in [2.75, 3.05) is 13.6 Å². The van der Waals surface area contributed by atoms with Gasteiger partial charge in [-0.05, 0) is 49.0 Å². The number of nitrogens with one attached hydrogen (secondary N) is 2. The van der Waals surface area contributed by atoms with Gasteiger partial charge in [-0.15, -0.1) is 11.3 Å². The lowest BCUT2D eigenvalue weighted by molar-refractivity contribution is -0.121. The van der Waals surface area contributed by atoms with Gasteiger partial charge in [-0.25, -0.2) is 13.1 Å². The molecule has 23 heavy (non-hydrogen) atoms. The van der Waals surface area contributed by atoms with Crippen LogP contribution in [0.15, 0.2) is 46.7 Å². The van der Waals surface area contributed by atoms with E-state index in [0.29, 0.717) is 19.4 Å². The average Bonchev–Trinajstić information content (AvgIpc) is 3.07. The van der Waals surface area contributed by atoms with Crippen molar-refractivity contribution in [3.05, 3.63) is 52.2 Å². The van der Waals surface area contributed by atoms with Gasteiger partial charge < -0.3 is 5.32 Å². The van der Waals surface area contributed by atoms with Crippen LogP contribution in [0.25, 0.3) is 0 Å². The number of hydrogen-bond acceptors (Lipinski definition) is 4. The fraction of sp³-hybridized carbons (Fsp3) is 0.312. The summed E-state index contributed by atoms with van der Waals surface area (Å²) in [7, 11) is -2.03. The first-order valence-electron chi connectivity index (χ1n) is 7.33. The molecule has 0 radical (unpaired) electrons. The maximum Gasteiger partial charge on any atom is 0.240 e. The molecule has 0 unspecified atom stereocenters. The van der Waals surface area contributed by atoms with Crippen molar-refractivity contribution in [2.24, 2.45) is 0 Å². The molecule has 0 fully saturated rings. The van der Waals surface area contributed by atoms with Crippen LogP contribution in [-0.2, 0) is 27.7 Å². The molecule has 7 heteroatoms. The van der Waals surface area contributed by atoms with E-state index < -0.39 is 10.0 Å². The summed E-state index contributed by atoms with van der Waals surface area (Å²) >= 11 is 1.68. The number of carbonyl (C=O) groups is 1. The quantitative estimate of drug-likeness (QED) is 0.762. The lowest BCUT2D eigenvalue weighted by Crippen LogP contribution is -2.25. The zero-order valence-electron chi connectivity index (χ0n) is 12.9. The smallest absolute Gasteiger partial charge is 0.240 e. The summed E-state index contributed by atoms with van der Waals surface area (Å²) in [6.45, 7) is 0.638. The Morgan fingerprint density at radius 2 is 1.87 bits per heavy atom. The second kappa shape index (κ2) is 8.24. The minimum atomic E-state index is -3.41. The molecular formula is C16H20N2O3S2. The van der Waals surface area contributed by atoms with Gasteiger partial charge in [-0.1, -0.05) is 18.2 Å². The van der Waals surface area contributed by atoms with Gasteiger partial charge in [-0.3, -0.25) is 4.79 Å². The highest BCUT2D eigenvalue weighted by atomic mass is 32.2. The van der Waals surface area contributed by atoms with Crippen LogP contribution in [0.2, 0.25) is 0 Å². The zero-order chi connectivity index (χ0) is 16.7. The van der Waals surface area contributed by atoms with Gasteiger partial charge in [0.1, 0.15) is 0 Å². The Kier molecular flexibility index (Phi) is 6.32. The molecular weight excluding hydrogens is 332 g/mol. The van der Waals surface area contributed by atoms with E-state index in [4.69, 9.17) is 0 Å². The molecule has 0 aliphatic rings. The minimum absolute atomic E-state index is 0.00785. The highest BCUT2D eigenvalue weighted by Crippen LogP contribution is 2.11. The van der Waals surface area contributed by atoms with E-state index >= 15 is 0 Å². The molecule has 0 saturated carbocycles. The molecule has 1 aromatic carbocycles. The molecule has 1 heterocycles. The first kappa shape index (κ1) is 17.7. The van der Waals surface area contributed by atoms with Crippen molar-refractivity contribution in [1.82, 2.24) is 10.0 Å². The summed E-state index contributed by atoms with van der Waals surface area (Å²) in [4.78, 5) is 13.3. The number of rotatable bonds is 8. The third-order valence-electron chi connectivity index (χ3n) is 3.42. The molecule has 2 aromatic rings. The molecule has 2 N–H and O–H groups in total. The Labute approximate surface area is 140 Å². The van der Waals surface area contributed by atoms with Crippen molar-refractivity contribution < 1.29 is 13.2 Å². The molecule has 1 amide bonds. The summed E-state index contributed by atoms with van der Waals surface area (Å²) < 4.78 is 25.5. The van der Waals surface area contributed by atoms with E-state index in [2.05, 4.69) is 16.1 Å². The molecule has 5 nitrogen and oxygen atoms in total. The summed E-state index contributed by atoms with van der Waals surface area (Å²) in [5, 5.41) is 4.92. The second-order valence-corrected chi connectivity index (χ2v) is 7.95. The van der Waals surface area contributed by atoms with Crippen LogP contribution in [0, 0.1) is 0 Å². The Morgan fingerprint density at radius 1 is 1.13 bits per heavy atom. The van der Waals surface area contributed by atoms with E-state index in [1.54, 1.807) is 35.6 Å². The third kappa shape index (κ3) is 5.46. The summed E-state index contributed by atoms with van der Waals surface area (Å²) in [6, 6.07) is 10.6. The molecule has 0 aliphatic heterocycles. The summed E-state index contributed by atoms with van der Waals surface area (Å²) in [6.07, 6.45) is 1.83. The molecule has 124 valence electrons. The molecule has 0 saturated heterocycles. The maximum atomic E-state index is 11.8. The van der Waals surface area contributed by atoms with Gasteiger partial charge in [0.2, 0.25) is 15.9 Å². The van der Waals surface area contributed by atoms with E-state index in [9.17, 15) is 13.2 Å². The molecule has 1 aromatic heterocycles. The Morgan fingerprint density at radius 3 is 2.48 bits per heavy atom. The van der Waals surface area contributed by atoms with Crippen LogP contribution in [0.4, 0.5) is 0 Å². The molecule has 0 spiro atoms. The molecule has 0 atom stereocenters. The number of hydrogen-bond donors (Lipinski definition) is 2. The average molecular weight is 352 g/mol. The predicted octanol–water partition coefficient (Wildman–Crippen LogP) is 1.95. The fourth-order valence-electron chi connectivity index (χ4n) is 2.08. The number of amides is 1. The van der Waals surface area contributed by atoms with Crippen LogP contribution >= 0.6 is 11.3 Å². The minimum Gasteiger partial charge on any atom is -0.356 e. The molecule has 0 bridgehead atoms. The molecule has 0 aliphatic carbocycles. The van der Waals surface area contributed by atoms with Crippen LogP contribution in [0.5, 0.6) is 0 Å². The zero-order valence-corrected chi connectivity index (χ0v) is 14.5. The first-order chi connectivity index (χ1) is 11.0. The lowest BCUT2D eigenvalue weighted by Gasteiger charge is -2.06. The van der Waals surface area contributed by atoms with Crippen molar-refractivity contribution in [3.8, 4) is 0 Å². The van der Waals surface area contributed by atoms with E-state index in [1.165, 1.54) is 11.9 Å². The van der Waals surface area contributed by atoms with Crippen LogP contribution in [0.1, 0.15) is 16.9 Å². The highest BCUT2D eigenvalue weighted by Gasteiger charge is 2.10. The van der Waals surface area contributed by atoms with Gasteiger partial charge >= 0.3 is 0 Å². The van der Waals surface area contributed by atoms with Crippen molar-refractivity contribution in [2.45, 2.75) is 24.2 Å². The number of sulfonamides is 1. The maximum absolute atomic E-state index is 11.8. The number of aryl methyl sites for hydroxylation is 1. The number of thiophene rings is 1. The molecule has 2 rings (SSSR count). The Bertz CT molecular complexity index is 723. The monoisotopic (exact) mass is 352 g/mol. The van der Waals surface area contributed by atoms with Crippen molar-refractivity contribution >= 4 is 27.3 Å². The standard InChI is InChI=1S/C16H20N2O3S2/c1-17-23(20,21)15-7-4-13(5-8-15)6-9-16(19)18-11-10-14-3-2-12-22-14/h2-5,7-8,12,17H,6,9-11H2,1H3,(H,18,19). The first-order valence-corrected chi connectivity index (χ1v) is 9.69. The predicted molar refractivity (Wildman–Crippen MR) is 92.0 cm³/mol. The topological polar surface area (TPSA) is 75.3 Å². The summed E-state index contributed by atoms with van der Waals surface area (Å²) in [5.74, 6) is 0.00785. The second-order valence-electron chi connectivity index (χ2n) is 5.03. The van der Waals surface area contributed by atoms with Crippen LogP contribution in [0.3, 0.4) is 0 Å². The largest absolute Gasteiger partial charge is 0.356 e. The number of carbonyl (C=O) groups excluding carboxylic acids is 1. The van der Waals surface area contributed by atoms with Gasteiger partial charge in [0.05, 0.1) is 4.90 Å². The summed E-state index contributed by atoms with van der Waals surface area (Å²) in [5.41, 5.74) is 0.938. The number of benzene rings is 1. The Balaban J connectivity index is 1.75. The highest BCUT2D eigenvalue weighted by molar-refractivity contribution is 7.89. The van der Waals surface area contributed by atoms with Gasteiger partial charge in [0.25, 0.3) is 0 Å². The lowest BCUT2D eigenvalue weighted by atomic mass is 10.1. The van der Waals surface area contributed by atoms with Crippen molar-refractivity contribution in [3.63, 3.8) is 0 Å². The van der Waals surface area contributed by atoms with E-state index in [-0.39, 0.29) is 10.8 Å². The van der Waals surface area contributed by atoms with Gasteiger partial charge in [0, 0.05) is 17.8 Å². The van der Waals surface area contributed by atoms with Gasteiger partial charge in [0.15, 0.2) is 0 Å². The van der Waals surface area contributed by atoms with Crippen LogP contribution < -0.4 is 10.0 Å². The Hall–Kier alpha value is -1.70. The van der Waals surface area contributed by atoms with Crippen LogP contribution in [-0.4, -0.2) is 27.9 Å². The fourth-order valence-corrected chi connectivity index (χ4v) is 3.52. The SMILES string of the molecule is CNS(=O)(=O)c1ccc(CCC(=O)NCCc2cccs2)cc1. The van der Waals surface area contributed by atoms with E-state index in [0.717, 1.165) is 12.0 Å².